The number of carbonyl (C=O) groups is 3. The first-order valence-electron chi connectivity index (χ1n) is 8.16. The molecule has 0 unspecified atom stereocenters. The predicted molar refractivity (Wildman–Crippen MR) is 96.2 cm³/mol. The lowest BCUT2D eigenvalue weighted by Gasteiger charge is -2.08. The van der Waals surface area contributed by atoms with Gasteiger partial charge in [-0.3, -0.25) is 9.59 Å². The summed E-state index contributed by atoms with van der Waals surface area (Å²) in [6.07, 6.45) is 1.06. The molecule has 25 heavy (non-hydrogen) atoms. The summed E-state index contributed by atoms with van der Waals surface area (Å²) in [7, 11) is 0. The van der Waals surface area contributed by atoms with Crippen molar-refractivity contribution >= 4 is 23.3 Å². The Hall–Kier alpha value is -2.95. The highest BCUT2D eigenvalue weighted by molar-refractivity contribution is 6.00. The number of aryl methyl sites for hydroxylation is 2. The molecule has 2 aromatic carbocycles. The minimum absolute atomic E-state index is 0.0463. The fourth-order valence-corrected chi connectivity index (χ4v) is 2.45. The van der Waals surface area contributed by atoms with Crippen LogP contribution in [0.5, 0.6) is 0 Å². The number of Topliss-reactive ketones (excluding diaryl/α,β-unsaturated/α-hetero) is 1. The molecule has 0 aliphatic carbocycles. The molecule has 5 heteroatoms. The molecule has 0 spiro atoms. The average Bonchev–Trinajstić information content (AvgIpc) is 2.61. The van der Waals surface area contributed by atoms with E-state index in [4.69, 9.17) is 5.11 Å². The zero-order chi connectivity index (χ0) is 18.4. The minimum Gasteiger partial charge on any atom is -0.478 e. The molecule has 2 N–H and O–H groups in total. The van der Waals surface area contributed by atoms with Crippen molar-refractivity contribution < 1.29 is 19.5 Å². The van der Waals surface area contributed by atoms with Crippen molar-refractivity contribution in [1.82, 2.24) is 0 Å². The number of carboxylic acids is 1. The maximum atomic E-state index is 12.1. The summed E-state index contributed by atoms with van der Waals surface area (Å²) >= 11 is 0. The van der Waals surface area contributed by atoms with Crippen molar-refractivity contribution in [2.75, 3.05) is 5.32 Å². The molecule has 130 valence electrons. The highest BCUT2D eigenvalue weighted by Gasteiger charge is 2.12. The van der Waals surface area contributed by atoms with E-state index in [0.717, 1.165) is 12.0 Å². The third-order valence-corrected chi connectivity index (χ3v) is 4.02. The Bertz CT molecular complexity index is 794. The number of nitrogens with one attached hydrogen (secondary N) is 1. The number of amides is 1. The van der Waals surface area contributed by atoms with Crippen LogP contribution < -0.4 is 5.32 Å². The van der Waals surface area contributed by atoms with E-state index in [1.165, 1.54) is 6.07 Å². The van der Waals surface area contributed by atoms with Gasteiger partial charge in [0.25, 0.3) is 0 Å². The largest absolute Gasteiger partial charge is 0.478 e. The van der Waals surface area contributed by atoms with Gasteiger partial charge in [-0.1, -0.05) is 37.3 Å². The first-order chi connectivity index (χ1) is 11.9. The third kappa shape index (κ3) is 5.01. The van der Waals surface area contributed by atoms with E-state index < -0.39 is 5.97 Å². The van der Waals surface area contributed by atoms with Crippen LogP contribution in [-0.4, -0.2) is 22.8 Å². The quantitative estimate of drug-likeness (QED) is 0.750. The second kappa shape index (κ2) is 8.24. The van der Waals surface area contributed by atoms with Gasteiger partial charge in [0.1, 0.15) is 0 Å². The number of rotatable bonds is 7. The molecule has 2 aromatic rings. The van der Waals surface area contributed by atoms with Gasteiger partial charge in [0.2, 0.25) is 5.91 Å². The van der Waals surface area contributed by atoms with E-state index in [9.17, 15) is 14.4 Å². The first-order valence-corrected chi connectivity index (χ1v) is 8.16. The highest BCUT2D eigenvalue weighted by atomic mass is 16.4. The zero-order valence-corrected chi connectivity index (χ0v) is 14.3. The van der Waals surface area contributed by atoms with Crippen LogP contribution in [0.25, 0.3) is 0 Å². The van der Waals surface area contributed by atoms with Crippen LogP contribution in [0, 0.1) is 6.92 Å². The maximum Gasteiger partial charge on any atom is 0.336 e. The minimum atomic E-state index is -1.04. The van der Waals surface area contributed by atoms with Gasteiger partial charge < -0.3 is 10.4 Å². The van der Waals surface area contributed by atoms with Crippen LogP contribution in [0.3, 0.4) is 0 Å². The van der Waals surface area contributed by atoms with E-state index >= 15 is 0 Å². The fraction of sp³-hybridized carbons (Fsp3) is 0.250. The van der Waals surface area contributed by atoms with E-state index in [1.807, 2.05) is 19.1 Å². The van der Waals surface area contributed by atoms with Gasteiger partial charge >= 0.3 is 5.97 Å². The van der Waals surface area contributed by atoms with Crippen LogP contribution in [0.15, 0.2) is 42.5 Å². The monoisotopic (exact) mass is 339 g/mol. The van der Waals surface area contributed by atoms with Crippen molar-refractivity contribution in [3.63, 3.8) is 0 Å². The molecule has 0 saturated carbocycles. The molecule has 0 radical (unpaired) electrons. The van der Waals surface area contributed by atoms with Crippen LogP contribution in [0.1, 0.15) is 51.6 Å². The number of carboxylic acid groups (broad SMARTS) is 1. The number of aromatic carboxylic acids is 1. The summed E-state index contributed by atoms with van der Waals surface area (Å²) in [5, 5.41) is 11.7. The van der Waals surface area contributed by atoms with E-state index in [1.54, 1.807) is 31.2 Å². The fourth-order valence-electron chi connectivity index (χ4n) is 2.45. The van der Waals surface area contributed by atoms with Crippen LogP contribution in [0.4, 0.5) is 5.69 Å². The number of anilines is 1. The first kappa shape index (κ1) is 18.4. The third-order valence-electron chi connectivity index (χ3n) is 4.02. The lowest BCUT2D eigenvalue weighted by atomic mass is 10.0. The second-order valence-corrected chi connectivity index (χ2v) is 5.86. The molecule has 2 rings (SSSR count). The van der Waals surface area contributed by atoms with Crippen LogP contribution in [0.2, 0.25) is 0 Å². The molecule has 0 atom stereocenters. The molecule has 0 heterocycles. The van der Waals surface area contributed by atoms with Crippen molar-refractivity contribution in [3.05, 3.63) is 64.7 Å². The summed E-state index contributed by atoms with van der Waals surface area (Å²) in [5.41, 5.74) is 2.92. The molecule has 0 fully saturated rings. The summed E-state index contributed by atoms with van der Waals surface area (Å²) in [6, 6.07) is 12.1. The topological polar surface area (TPSA) is 83.5 Å². The van der Waals surface area contributed by atoms with E-state index in [0.29, 0.717) is 16.8 Å². The average molecular weight is 339 g/mol. The van der Waals surface area contributed by atoms with Crippen LogP contribution in [-0.2, 0) is 11.2 Å². The number of benzene rings is 2. The Kier molecular flexibility index (Phi) is 6.06. The molecule has 0 saturated heterocycles. The summed E-state index contributed by atoms with van der Waals surface area (Å²) in [4.78, 5) is 35.3. The smallest absolute Gasteiger partial charge is 0.336 e. The number of hydrogen-bond acceptors (Lipinski definition) is 3. The summed E-state index contributed by atoms with van der Waals surface area (Å²) in [6.45, 7) is 3.74. The van der Waals surface area contributed by atoms with Crippen molar-refractivity contribution in [1.29, 1.82) is 0 Å². The lowest BCUT2D eigenvalue weighted by Crippen LogP contribution is -2.14. The Balaban J connectivity index is 1.93. The van der Waals surface area contributed by atoms with Gasteiger partial charge in [-0.15, -0.1) is 0 Å². The van der Waals surface area contributed by atoms with E-state index in [2.05, 4.69) is 5.32 Å². The Labute approximate surface area is 146 Å². The van der Waals surface area contributed by atoms with Crippen molar-refractivity contribution in [3.8, 4) is 0 Å². The molecular weight excluding hydrogens is 318 g/mol. The normalized spacial score (nSPS) is 10.3. The van der Waals surface area contributed by atoms with Crippen LogP contribution >= 0.6 is 0 Å². The molecule has 0 aliphatic heterocycles. The van der Waals surface area contributed by atoms with Gasteiger partial charge in [-0.25, -0.2) is 4.79 Å². The molecule has 5 nitrogen and oxygen atoms in total. The predicted octanol–water partition coefficient (Wildman–Crippen LogP) is 3.86. The molecule has 0 aromatic heterocycles. The van der Waals surface area contributed by atoms with Gasteiger partial charge in [0.15, 0.2) is 5.78 Å². The lowest BCUT2D eigenvalue weighted by molar-refractivity contribution is -0.116. The zero-order valence-electron chi connectivity index (χ0n) is 14.3. The summed E-state index contributed by atoms with van der Waals surface area (Å²) in [5.74, 6) is -1.45. The second-order valence-electron chi connectivity index (χ2n) is 5.86. The molecule has 0 aliphatic rings. The standard InChI is InChI=1S/C20H21NO4/c1-3-14-5-7-15(8-6-14)18(22)10-11-19(23)21-16-9-4-13(2)17(12-16)20(24)25/h4-9,12H,3,10-11H2,1-2H3,(H,21,23)(H,24,25). The Morgan fingerprint density at radius 1 is 1.00 bits per heavy atom. The van der Waals surface area contributed by atoms with Gasteiger partial charge in [-0.2, -0.15) is 0 Å². The van der Waals surface area contributed by atoms with Crippen molar-refractivity contribution in [2.45, 2.75) is 33.1 Å². The molecule has 1 amide bonds. The van der Waals surface area contributed by atoms with Gasteiger partial charge in [-0.05, 0) is 36.6 Å². The van der Waals surface area contributed by atoms with Crippen molar-refractivity contribution in [2.24, 2.45) is 0 Å². The number of ketones is 1. The number of carbonyl (C=O) groups excluding carboxylic acids is 2. The van der Waals surface area contributed by atoms with Gasteiger partial charge in [0.05, 0.1) is 5.56 Å². The molecule has 0 bridgehead atoms. The Morgan fingerprint density at radius 2 is 1.68 bits per heavy atom. The number of hydrogen-bond donors (Lipinski definition) is 2. The summed E-state index contributed by atoms with van der Waals surface area (Å²) < 4.78 is 0. The van der Waals surface area contributed by atoms with Gasteiger partial charge in [0, 0.05) is 24.1 Å². The SMILES string of the molecule is CCc1ccc(C(=O)CCC(=O)Nc2ccc(C)c(C(=O)O)c2)cc1. The highest BCUT2D eigenvalue weighted by Crippen LogP contribution is 2.16. The van der Waals surface area contributed by atoms with E-state index in [-0.39, 0.29) is 30.1 Å². The maximum absolute atomic E-state index is 12.1. The molecular formula is C20H21NO4. The Morgan fingerprint density at radius 3 is 2.28 bits per heavy atom.